The molecule has 4 nitrogen and oxygen atoms in total. The number of nitrogens with zero attached hydrogens (tertiary/aromatic N) is 1. The molecule has 0 aliphatic heterocycles. The molecule has 2 atom stereocenters. The van der Waals surface area contributed by atoms with Crippen LogP contribution in [0, 0.1) is 0 Å². The van der Waals surface area contributed by atoms with Crippen LogP contribution in [0.4, 0.5) is 0 Å². The molecular formula is C37H32NO3P. The molecular weight excluding hydrogens is 537 g/mol. The number of fused-ring (bicyclic) bond motifs is 7. The second kappa shape index (κ2) is 11.1. The molecule has 0 saturated heterocycles. The van der Waals surface area contributed by atoms with Gasteiger partial charge < -0.3 is 13.1 Å². The van der Waals surface area contributed by atoms with Gasteiger partial charge in [-0.1, -0.05) is 103 Å². The molecule has 42 heavy (non-hydrogen) atoms. The predicted octanol–water partition coefficient (Wildman–Crippen LogP) is 11.1. The number of methoxy groups -OCH3 is 1. The van der Waals surface area contributed by atoms with Crippen molar-refractivity contribution >= 4 is 51.6 Å². The Bertz CT molecular complexity index is 1970. The summed E-state index contributed by atoms with van der Waals surface area (Å²) in [6.45, 7) is 4.46. The van der Waals surface area contributed by atoms with E-state index in [1.165, 1.54) is 16.3 Å². The van der Waals surface area contributed by atoms with Crippen LogP contribution < -0.4 is 9.41 Å². The van der Waals surface area contributed by atoms with Gasteiger partial charge in [0.15, 0.2) is 0 Å². The van der Waals surface area contributed by atoms with E-state index in [9.17, 15) is 0 Å². The van der Waals surface area contributed by atoms with Gasteiger partial charge in [0.2, 0.25) is 0 Å². The minimum absolute atomic E-state index is 0.0110. The zero-order valence-corrected chi connectivity index (χ0v) is 24.8. The second-order valence-electron chi connectivity index (χ2n) is 10.7. The number of hydrogen-bond donors (Lipinski definition) is 0. The Kier molecular flexibility index (Phi) is 6.95. The minimum Gasteiger partial charge on any atom is -0.497 e. The van der Waals surface area contributed by atoms with Crippen LogP contribution in [0.2, 0.25) is 0 Å². The maximum absolute atomic E-state index is 7.03. The first-order valence-corrected chi connectivity index (χ1v) is 15.4. The SMILES string of the molecule is COc1ccc(C(C)N(C(C)c2ccccc2)p2oc3ccc4ccccc4c3c3c(ccc4ccccc43)o2)cc1. The lowest BCUT2D eigenvalue weighted by Crippen LogP contribution is -2.27. The summed E-state index contributed by atoms with van der Waals surface area (Å²) in [5.74, 6) is 0.836. The van der Waals surface area contributed by atoms with Crippen molar-refractivity contribution in [3.63, 3.8) is 0 Å². The average Bonchev–Trinajstić information content (AvgIpc) is 3.22. The third-order valence-corrected chi connectivity index (χ3v) is 10.0. The van der Waals surface area contributed by atoms with E-state index in [4.69, 9.17) is 13.1 Å². The first-order chi connectivity index (χ1) is 20.6. The molecule has 7 rings (SSSR count). The lowest BCUT2D eigenvalue weighted by atomic mass is 9.99. The van der Waals surface area contributed by atoms with Crippen molar-refractivity contribution in [1.82, 2.24) is 0 Å². The summed E-state index contributed by atoms with van der Waals surface area (Å²) >= 11 is 0. The maximum Gasteiger partial charge on any atom is 0.310 e. The highest BCUT2D eigenvalue weighted by atomic mass is 31.1. The molecule has 2 unspecified atom stereocenters. The Morgan fingerprint density at radius 1 is 0.548 bits per heavy atom. The van der Waals surface area contributed by atoms with Crippen molar-refractivity contribution in [3.8, 4) is 5.75 Å². The number of ether oxygens (including phenoxy) is 1. The largest absolute Gasteiger partial charge is 0.497 e. The van der Waals surface area contributed by atoms with Crippen molar-refractivity contribution in [1.29, 1.82) is 0 Å². The fraction of sp³-hybridized carbons (Fsp3) is 0.135. The van der Waals surface area contributed by atoms with Crippen molar-refractivity contribution in [2.75, 3.05) is 11.8 Å². The first kappa shape index (κ1) is 26.4. The standard InChI is InChI=1S/C37H32NO3P/c1-25(27-11-5-4-6-12-27)38(26(2)28-17-21-31(39-3)22-18-28)42-40-34-23-19-29-13-7-9-15-32(29)36(34)37-33-16-10-8-14-30(33)20-24-35(37)41-42/h4-26H,1-3H3. The molecule has 1 aromatic heterocycles. The summed E-state index contributed by atoms with van der Waals surface area (Å²) in [6.07, 6.45) is 0. The van der Waals surface area contributed by atoms with Crippen molar-refractivity contribution in [3.05, 3.63) is 139 Å². The lowest BCUT2D eigenvalue weighted by molar-refractivity contribution is 0.414. The molecule has 0 aliphatic rings. The van der Waals surface area contributed by atoms with Crippen LogP contribution >= 0.6 is 8.16 Å². The average molecular weight is 570 g/mol. The highest BCUT2D eigenvalue weighted by Crippen LogP contribution is 2.47. The number of hydrogen-bond acceptors (Lipinski definition) is 4. The van der Waals surface area contributed by atoms with Gasteiger partial charge in [-0.15, -0.1) is 0 Å². The molecule has 6 aromatic carbocycles. The van der Waals surface area contributed by atoms with Gasteiger partial charge in [0.1, 0.15) is 16.9 Å². The molecule has 0 radical (unpaired) electrons. The highest BCUT2D eigenvalue weighted by molar-refractivity contribution is 7.39. The Hall–Kier alpha value is -4.50. The quantitative estimate of drug-likeness (QED) is 0.200. The van der Waals surface area contributed by atoms with E-state index >= 15 is 0 Å². The van der Waals surface area contributed by atoms with E-state index < -0.39 is 8.16 Å². The highest BCUT2D eigenvalue weighted by Gasteiger charge is 2.29. The van der Waals surface area contributed by atoms with Gasteiger partial charge in [-0.25, -0.2) is 0 Å². The molecule has 0 fully saturated rings. The summed E-state index contributed by atoms with van der Waals surface area (Å²) < 4.78 is 21.9. The second-order valence-corrected chi connectivity index (χ2v) is 12.0. The molecule has 0 aliphatic carbocycles. The van der Waals surface area contributed by atoms with Crippen LogP contribution in [0.1, 0.15) is 37.1 Å². The van der Waals surface area contributed by atoms with Crippen LogP contribution in [0.3, 0.4) is 0 Å². The monoisotopic (exact) mass is 569 g/mol. The third kappa shape index (κ3) is 4.63. The summed E-state index contributed by atoms with van der Waals surface area (Å²) in [4.78, 5) is 0. The third-order valence-electron chi connectivity index (χ3n) is 8.25. The fourth-order valence-corrected chi connectivity index (χ4v) is 7.69. The summed E-state index contributed by atoms with van der Waals surface area (Å²) in [6, 6.07) is 44.4. The molecule has 1 heterocycles. The van der Waals surface area contributed by atoms with Crippen molar-refractivity contribution in [2.24, 2.45) is 0 Å². The first-order valence-electron chi connectivity index (χ1n) is 14.3. The normalized spacial score (nSPS) is 13.1. The van der Waals surface area contributed by atoms with Crippen LogP contribution in [-0.2, 0) is 0 Å². The molecule has 0 spiro atoms. The van der Waals surface area contributed by atoms with Crippen LogP contribution in [0.15, 0.2) is 136 Å². The van der Waals surface area contributed by atoms with Crippen LogP contribution in [0.5, 0.6) is 5.75 Å². The maximum atomic E-state index is 7.03. The zero-order chi connectivity index (χ0) is 28.6. The Morgan fingerprint density at radius 3 is 1.55 bits per heavy atom. The Morgan fingerprint density at radius 2 is 1.02 bits per heavy atom. The summed E-state index contributed by atoms with van der Waals surface area (Å²) in [7, 11) is 0.114. The minimum atomic E-state index is -1.58. The Labute approximate surface area is 246 Å². The van der Waals surface area contributed by atoms with E-state index in [-0.39, 0.29) is 12.1 Å². The summed E-state index contributed by atoms with van der Waals surface area (Å²) in [5.41, 5.74) is 4.04. The van der Waals surface area contributed by atoms with E-state index in [2.05, 4.69) is 134 Å². The van der Waals surface area contributed by atoms with E-state index in [0.29, 0.717) is 0 Å². The van der Waals surface area contributed by atoms with Gasteiger partial charge in [-0.05, 0) is 70.8 Å². The van der Waals surface area contributed by atoms with Gasteiger partial charge in [0.25, 0.3) is 0 Å². The molecule has 5 heteroatoms. The van der Waals surface area contributed by atoms with Gasteiger partial charge in [0, 0.05) is 22.9 Å². The van der Waals surface area contributed by atoms with Gasteiger partial charge in [-0.3, -0.25) is 0 Å². The fourth-order valence-electron chi connectivity index (χ4n) is 5.99. The topological polar surface area (TPSA) is 38.8 Å². The number of benzene rings is 6. The van der Waals surface area contributed by atoms with Gasteiger partial charge >= 0.3 is 8.16 Å². The van der Waals surface area contributed by atoms with E-state index in [1.807, 2.05) is 12.1 Å². The lowest BCUT2D eigenvalue weighted by Gasteiger charge is -2.31. The van der Waals surface area contributed by atoms with Crippen LogP contribution in [0.25, 0.3) is 43.5 Å². The smallest absolute Gasteiger partial charge is 0.310 e. The number of rotatable bonds is 6. The zero-order valence-electron chi connectivity index (χ0n) is 23.9. The van der Waals surface area contributed by atoms with E-state index in [1.54, 1.807) is 7.11 Å². The van der Waals surface area contributed by atoms with Crippen molar-refractivity contribution in [2.45, 2.75) is 25.9 Å². The molecule has 7 aromatic rings. The molecule has 0 bridgehead atoms. The summed E-state index contributed by atoms with van der Waals surface area (Å²) in [5, 5.41) is 6.80. The Balaban J connectivity index is 1.56. The molecule has 0 amide bonds. The van der Waals surface area contributed by atoms with Crippen LogP contribution in [-0.4, -0.2) is 7.11 Å². The van der Waals surface area contributed by atoms with Crippen molar-refractivity contribution < 1.29 is 13.1 Å². The van der Waals surface area contributed by atoms with E-state index in [0.717, 1.165) is 44.0 Å². The van der Waals surface area contributed by atoms with Gasteiger partial charge in [0.05, 0.1) is 7.11 Å². The molecule has 208 valence electrons. The molecule has 0 N–H and O–H groups in total. The molecule has 0 saturated carbocycles. The predicted molar refractivity (Wildman–Crippen MR) is 176 cm³/mol. The van der Waals surface area contributed by atoms with Gasteiger partial charge in [-0.2, -0.15) is 4.67 Å².